The molecule has 2 aliphatic rings. The highest BCUT2D eigenvalue weighted by Crippen LogP contribution is 2.38. The number of nitrogens with zero attached hydrogens (tertiary/aromatic N) is 3. The van der Waals surface area contributed by atoms with Gasteiger partial charge in [-0.05, 0) is 31.4 Å². The summed E-state index contributed by atoms with van der Waals surface area (Å²) >= 11 is 0. The van der Waals surface area contributed by atoms with E-state index in [9.17, 15) is 24.0 Å². The van der Waals surface area contributed by atoms with E-state index in [2.05, 4.69) is 10.4 Å². The zero-order valence-corrected chi connectivity index (χ0v) is 25.3. The highest BCUT2D eigenvalue weighted by Gasteiger charge is 2.54. The van der Waals surface area contributed by atoms with Crippen LogP contribution < -0.4 is 11.1 Å². The molecule has 2 aromatic carbocycles. The monoisotopic (exact) mass is 625 g/mol. The van der Waals surface area contributed by atoms with Crippen molar-refractivity contribution in [2.75, 3.05) is 20.1 Å². The lowest BCUT2D eigenvalue weighted by molar-refractivity contribution is -0.165. The number of amides is 3. The van der Waals surface area contributed by atoms with Crippen molar-refractivity contribution in [1.29, 1.82) is 0 Å². The summed E-state index contributed by atoms with van der Waals surface area (Å²) in [5, 5.41) is 41.3. The molecule has 0 aromatic heterocycles. The van der Waals surface area contributed by atoms with Gasteiger partial charge in [-0.15, -0.1) is 0 Å². The Labute approximate surface area is 260 Å². The molecule has 2 aromatic rings. The molecule has 0 radical (unpaired) electrons. The van der Waals surface area contributed by atoms with Crippen LogP contribution in [0.4, 0.5) is 0 Å². The third-order valence-electron chi connectivity index (χ3n) is 7.54. The molecule has 45 heavy (non-hydrogen) atoms. The van der Waals surface area contributed by atoms with Gasteiger partial charge in [-0.1, -0.05) is 60.7 Å². The smallest absolute Gasteiger partial charge is 0.335 e. The zero-order valence-electron chi connectivity index (χ0n) is 25.3. The maximum atomic E-state index is 13.8. The number of nitrogens with two attached hydrogens (primary N) is 1. The highest BCUT2D eigenvalue weighted by molar-refractivity contribution is 6.13. The Kier molecular flexibility index (Phi) is 11.2. The summed E-state index contributed by atoms with van der Waals surface area (Å²) in [6.07, 6.45) is -3.23. The fourth-order valence-corrected chi connectivity index (χ4v) is 5.10. The first-order valence-electron chi connectivity index (χ1n) is 14.2. The molecular weight excluding hydrogens is 586 g/mol. The minimum absolute atomic E-state index is 0.111. The molecule has 0 saturated carbocycles. The van der Waals surface area contributed by atoms with Crippen LogP contribution in [-0.4, -0.2) is 110 Å². The number of rotatable bonds is 10. The minimum atomic E-state index is -2.27. The Balaban J connectivity index is 0.000000477. The number of carboxylic acid groups (broad SMARTS) is 2. The van der Waals surface area contributed by atoms with Gasteiger partial charge in [0.15, 0.2) is 12.2 Å². The zero-order chi connectivity index (χ0) is 33.5. The fraction of sp³-hybridized carbons (Fsp3) is 0.419. The van der Waals surface area contributed by atoms with Crippen LogP contribution in [-0.2, 0) is 36.8 Å². The van der Waals surface area contributed by atoms with Gasteiger partial charge in [0, 0.05) is 33.0 Å². The van der Waals surface area contributed by atoms with Crippen molar-refractivity contribution < 1.29 is 44.4 Å². The maximum Gasteiger partial charge on any atom is 0.335 e. The Morgan fingerprint density at radius 3 is 1.96 bits per heavy atom. The number of fused-ring (bicyclic) bond motifs is 1. The Morgan fingerprint density at radius 1 is 0.956 bits per heavy atom. The molecule has 1 saturated heterocycles. The molecule has 3 amide bonds. The third kappa shape index (κ3) is 8.50. The summed E-state index contributed by atoms with van der Waals surface area (Å²) in [6, 6.07) is 18.5. The summed E-state index contributed by atoms with van der Waals surface area (Å²) in [7, 11) is 1.66. The Bertz CT molecular complexity index is 1410. The lowest BCUT2D eigenvalue weighted by Gasteiger charge is -2.41. The molecule has 4 atom stereocenters. The van der Waals surface area contributed by atoms with Crippen LogP contribution in [0, 0.1) is 5.41 Å². The molecule has 0 spiro atoms. The Morgan fingerprint density at radius 2 is 1.47 bits per heavy atom. The second kappa shape index (κ2) is 14.4. The number of aliphatic carboxylic acids is 2. The summed E-state index contributed by atoms with van der Waals surface area (Å²) in [5.74, 6) is -4.27. The Hall–Kier alpha value is -4.66. The average molecular weight is 626 g/mol. The molecule has 0 bridgehead atoms. The first-order valence-corrected chi connectivity index (χ1v) is 14.2. The predicted octanol–water partition coefficient (Wildman–Crippen LogP) is -0.382. The normalized spacial score (nSPS) is 19.7. The first-order chi connectivity index (χ1) is 21.1. The number of piperidine rings is 1. The lowest BCUT2D eigenvalue weighted by Crippen LogP contribution is -2.61. The molecule has 2 heterocycles. The number of hydrogen-bond acceptors (Lipinski definition) is 9. The number of hydrogen-bond donors (Lipinski definition) is 6. The van der Waals surface area contributed by atoms with Gasteiger partial charge in [-0.3, -0.25) is 14.4 Å². The predicted molar refractivity (Wildman–Crippen MR) is 162 cm³/mol. The van der Waals surface area contributed by atoms with Gasteiger partial charge in [-0.25, -0.2) is 14.6 Å². The average Bonchev–Trinajstić information content (AvgIpc) is 3.24. The summed E-state index contributed by atoms with van der Waals surface area (Å²) in [4.78, 5) is 61.2. The standard InChI is InChI=1S/C27H33N5O3.C4H6O6/c1-26(2,28)24(34)29-21(16-19-10-6-4-7-11-19)23(33)32-15-14-22-27(18-32,25(35)31(3)30-22)17-20-12-8-5-9-13-20;5-1(3(7)8)2(6)4(9)10/h4-13,21H,14-18,28H2,1-3H3,(H,29,34);1-2,5-6H,(H,7,8)(H,9,10)/t21-,27-;1-,2-/m11/s1. The van der Waals surface area contributed by atoms with E-state index in [4.69, 9.17) is 26.2 Å². The van der Waals surface area contributed by atoms with Gasteiger partial charge in [0.05, 0.1) is 11.3 Å². The molecular formula is C31H39N5O9. The number of hydrazone groups is 1. The van der Waals surface area contributed by atoms with E-state index in [0.717, 1.165) is 16.8 Å². The van der Waals surface area contributed by atoms with Crippen LogP contribution in [0.2, 0.25) is 0 Å². The lowest BCUT2D eigenvalue weighted by atomic mass is 9.73. The number of carboxylic acids is 2. The molecule has 14 nitrogen and oxygen atoms in total. The van der Waals surface area contributed by atoms with Crippen LogP contribution in [0.5, 0.6) is 0 Å². The number of carbonyl (C=O) groups is 5. The van der Waals surface area contributed by atoms with Gasteiger partial charge < -0.3 is 36.4 Å². The van der Waals surface area contributed by atoms with E-state index in [-0.39, 0.29) is 18.4 Å². The number of carbonyl (C=O) groups excluding carboxylic acids is 3. The van der Waals surface area contributed by atoms with Gasteiger partial charge in [0.1, 0.15) is 11.5 Å². The number of likely N-dealkylation sites (tertiary alicyclic amines) is 1. The van der Waals surface area contributed by atoms with Crippen molar-refractivity contribution in [3.8, 4) is 0 Å². The molecule has 0 unspecified atom stereocenters. The number of aliphatic hydroxyl groups excluding tert-OH is 2. The van der Waals surface area contributed by atoms with Crippen LogP contribution in [0.1, 0.15) is 31.4 Å². The van der Waals surface area contributed by atoms with E-state index in [1.165, 1.54) is 5.01 Å². The quantitative estimate of drug-likeness (QED) is 0.201. The van der Waals surface area contributed by atoms with Gasteiger partial charge >= 0.3 is 11.9 Å². The molecule has 7 N–H and O–H groups in total. The van der Waals surface area contributed by atoms with Gasteiger partial charge in [0.2, 0.25) is 11.8 Å². The van der Waals surface area contributed by atoms with E-state index in [0.29, 0.717) is 25.8 Å². The molecule has 14 heteroatoms. The highest BCUT2D eigenvalue weighted by atomic mass is 16.4. The molecule has 1 fully saturated rings. The number of benzene rings is 2. The molecule has 0 aliphatic carbocycles. The van der Waals surface area contributed by atoms with E-state index >= 15 is 0 Å². The van der Waals surface area contributed by atoms with Crippen LogP contribution in [0.25, 0.3) is 0 Å². The first kappa shape index (κ1) is 34.8. The van der Waals surface area contributed by atoms with E-state index in [1.54, 1.807) is 25.8 Å². The van der Waals surface area contributed by atoms with Crippen LogP contribution in [0.15, 0.2) is 65.8 Å². The summed E-state index contributed by atoms with van der Waals surface area (Å²) < 4.78 is 0. The van der Waals surface area contributed by atoms with E-state index < -0.39 is 47.0 Å². The largest absolute Gasteiger partial charge is 0.479 e. The second-order valence-corrected chi connectivity index (χ2v) is 11.6. The number of aliphatic hydroxyl groups is 2. The molecule has 2 aliphatic heterocycles. The SMILES string of the molecule is CN1N=C2CCN(C(=O)[C@@H](Cc3ccccc3)NC(=O)C(C)(C)N)C[C@@]2(Cc2ccccc2)C1=O.O=C(O)[C@H](O)[C@@H](O)C(=O)O. The van der Waals surface area contributed by atoms with Crippen molar-refractivity contribution in [3.63, 3.8) is 0 Å². The van der Waals surface area contributed by atoms with Crippen molar-refractivity contribution in [2.45, 2.75) is 56.9 Å². The van der Waals surface area contributed by atoms with Gasteiger partial charge in [-0.2, -0.15) is 5.10 Å². The topological polar surface area (TPSA) is 223 Å². The van der Waals surface area contributed by atoms with Crippen molar-refractivity contribution in [3.05, 3.63) is 71.8 Å². The van der Waals surface area contributed by atoms with Gasteiger partial charge in [0.25, 0.3) is 5.91 Å². The van der Waals surface area contributed by atoms with Crippen molar-refractivity contribution in [1.82, 2.24) is 15.2 Å². The molecule has 242 valence electrons. The van der Waals surface area contributed by atoms with Crippen molar-refractivity contribution in [2.24, 2.45) is 16.3 Å². The minimum Gasteiger partial charge on any atom is -0.479 e. The number of nitrogens with one attached hydrogen (secondary N) is 1. The summed E-state index contributed by atoms with van der Waals surface area (Å²) in [5.41, 5.74) is 6.72. The second-order valence-electron chi connectivity index (χ2n) is 11.6. The van der Waals surface area contributed by atoms with Crippen LogP contribution in [0.3, 0.4) is 0 Å². The van der Waals surface area contributed by atoms with Crippen LogP contribution >= 0.6 is 0 Å². The maximum absolute atomic E-state index is 13.8. The fourth-order valence-electron chi connectivity index (χ4n) is 5.10. The third-order valence-corrected chi connectivity index (χ3v) is 7.54. The molecule has 4 rings (SSSR count). The van der Waals surface area contributed by atoms with Crippen molar-refractivity contribution >= 4 is 35.4 Å². The summed E-state index contributed by atoms with van der Waals surface area (Å²) in [6.45, 7) is 3.87. The van der Waals surface area contributed by atoms with E-state index in [1.807, 2.05) is 60.7 Å².